The van der Waals surface area contributed by atoms with Gasteiger partial charge in [0.1, 0.15) is 6.26 Å². The van der Waals surface area contributed by atoms with E-state index in [0.29, 0.717) is 11.6 Å². The van der Waals surface area contributed by atoms with Crippen LogP contribution in [-0.4, -0.2) is 21.0 Å². The Labute approximate surface area is 172 Å². The lowest BCUT2D eigenvalue weighted by Crippen LogP contribution is -2.18. The van der Waals surface area contributed by atoms with Crippen LogP contribution in [0.4, 0.5) is 5.69 Å². The Balaban J connectivity index is 1.73. The molecule has 0 radical (unpaired) electrons. The van der Waals surface area contributed by atoms with Crippen molar-refractivity contribution in [2.45, 2.75) is 6.92 Å². The lowest BCUT2D eigenvalue weighted by Gasteiger charge is -2.13. The third-order valence-corrected chi connectivity index (χ3v) is 4.49. The highest BCUT2D eigenvalue weighted by Crippen LogP contribution is 2.23. The van der Waals surface area contributed by atoms with Crippen LogP contribution in [0.3, 0.4) is 0 Å². The molecule has 7 heteroatoms. The molecule has 30 heavy (non-hydrogen) atoms. The van der Waals surface area contributed by atoms with E-state index < -0.39 is 0 Å². The molecule has 4 rings (SSSR count). The molecule has 0 bridgehead atoms. The average molecular weight is 397 g/mol. The molecular formula is C23H19N5O2. The van der Waals surface area contributed by atoms with Crippen molar-refractivity contribution in [3.63, 3.8) is 0 Å². The van der Waals surface area contributed by atoms with Gasteiger partial charge in [0.15, 0.2) is 5.69 Å². The number of aromatic nitrogens is 3. The molecule has 7 nitrogen and oxygen atoms in total. The molecule has 0 unspecified atom stereocenters. The Bertz CT molecular complexity index is 1260. The number of benzene rings is 2. The van der Waals surface area contributed by atoms with Crippen molar-refractivity contribution in [1.82, 2.24) is 14.8 Å². The highest BCUT2D eigenvalue weighted by Gasteiger charge is 2.12. The maximum absolute atomic E-state index is 12.6. The summed E-state index contributed by atoms with van der Waals surface area (Å²) in [4.78, 5) is 16.7. The summed E-state index contributed by atoms with van der Waals surface area (Å²) < 4.78 is 7.01. The van der Waals surface area contributed by atoms with Crippen LogP contribution >= 0.6 is 0 Å². The minimum Gasteiger partial charge on any atom is -0.445 e. The minimum absolute atomic E-state index is 0.223. The summed E-state index contributed by atoms with van der Waals surface area (Å²) in [6, 6.07) is 16.7. The molecule has 0 aliphatic carbocycles. The van der Waals surface area contributed by atoms with Gasteiger partial charge in [0.2, 0.25) is 11.3 Å². The standard InChI is InChI=1S/C23H19N5O2/c1-16-15-17(23-25-12-14-30-23)7-8-20(16)28-13-10-21(29)22(27-28)19(9-11-24)26-18-5-3-2-4-6-18/h2-15,24,26H,1H3/b19-9-,24-11?. The summed E-state index contributed by atoms with van der Waals surface area (Å²) in [6.07, 6.45) is 7.40. The van der Waals surface area contributed by atoms with Gasteiger partial charge < -0.3 is 15.1 Å². The second-order valence-corrected chi connectivity index (χ2v) is 6.55. The van der Waals surface area contributed by atoms with Gasteiger partial charge in [-0.3, -0.25) is 4.79 Å². The molecule has 0 aliphatic rings. The molecule has 0 fully saturated rings. The highest BCUT2D eigenvalue weighted by molar-refractivity contribution is 5.86. The van der Waals surface area contributed by atoms with Crippen molar-refractivity contribution < 1.29 is 4.42 Å². The number of rotatable bonds is 6. The van der Waals surface area contributed by atoms with Crippen molar-refractivity contribution in [2.75, 3.05) is 5.32 Å². The molecule has 2 aromatic heterocycles. The van der Waals surface area contributed by atoms with E-state index in [9.17, 15) is 4.79 Å². The van der Waals surface area contributed by atoms with Gasteiger partial charge in [-0.15, -0.1) is 0 Å². The molecule has 0 atom stereocenters. The number of hydrogen-bond acceptors (Lipinski definition) is 6. The molecule has 2 heterocycles. The maximum Gasteiger partial charge on any atom is 0.225 e. The molecule has 0 saturated heterocycles. The molecule has 4 aromatic rings. The number of allylic oxidation sites excluding steroid dienone is 1. The van der Waals surface area contributed by atoms with Crippen LogP contribution in [-0.2, 0) is 0 Å². The van der Waals surface area contributed by atoms with E-state index in [-0.39, 0.29) is 11.1 Å². The second-order valence-electron chi connectivity index (χ2n) is 6.55. The predicted molar refractivity (Wildman–Crippen MR) is 117 cm³/mol. The fourth-order valence-corrected chi connectivity index (χ4v) is 3.08. The first-order valence-corrected chi connectivity index (χ1v) is 9.30. The molecule has 2 aromatic carbocycles. The summed E-state index contributed by atoms with van der Waals surface area (Å²) in [5, 5.41) is 15.2. The van der Waals surface area contributed by atoms with Crippen LogP contribution in [0.25, 0.3) is 22.8 Å². The molecular weight excluding hydrogens is 378 g/mol. The summed E-state index contributed by atoms with van der Waals surface area (Å²) in [5.41, 5.74) is 3.86. The van der Waals surface area contributed by atoms with Crippen LogP contribution in [0.15, 0.2) is 88.5 Å². The second kappa shape index (κ2) is 8.40. The first kappa shape index (κ1) is 19.1. The van der Waals surface area contributed by atoms with Crippen LogP contribution in [0.5, 0.6) is 0 Å². The smallest absolute Gasteiger partial charge is 0.225 e. The Kier molecular flexibility index (Phi) is 5.34. The normalized spacial score (nSPS) is 11.3. The monoisotopic (exact) mass is 397 g/mol. The zero-order valence-electron chi connectivity index (χ0n) is 16.2. The van der Waals surface area contributed by atoms with Gasteiger partial charge in [-0.2, -0.15) is 5.10 Å². The largest absolute Gasteiger partial charge is 0.445 e. The number of nitrogens with one attached hydrogen (secondary N) is 2. The summed E-state index contributed by atoms with van der Waals surface area (Å²) in [7, 11) is 0. The first-order valence-electron chi connectivity index (χ1n) is 9.30. The van der Waals surface area contributed by atoms with E-state index in [1.54, 1.807) is 17.1 Å². The van der Waals surface area contributed by atoms with Crippen molar-refractivity contribution in [1.29, 1.82) is 5.41 Å². The molecule has 0 spiro atoms. The van der Waals surface area contributed by atoms with E-state index in [0.717, 1.165) is 28.7 Å². The van der Waals surface area contributed by atoms with Gasteiger partial charge in [-0.1, -0.05) is 18.2 Å². The van der Waals surface area contributed by atoms with Crippen LogP contribution in [0.1, 0.15) is 11.3 Å². The van der Waals surface area contributed by atoms with Gasteiger partial charge in [0.05, 0.1) is 17.6 Å². The zero-order chi connectivity index (χ0) is 20.9. The SMILES string of the molecule is Cc1cc(-c2ncco2)ccc1-n1ccc(=O)c(/C(=C/C=N)Nc2ccccc2)n1. The maximum atomic E-state index is 12.6. The van der Waals surface area contributed by atoms with Gasteiger partial charge in [0, 0.05) is 29.7 Å². The van der Waals surface area contributed by atoms with E-state index in [1.807, 2.05) is 55.5 Å². The fraction of sp³-hybridized carbons (Fsp3) is 0.0435. The summed E-state index contributed by atoms with van der Waals surface area (Å²) in [5.74, 6) is 0.543. The minimum atomic E-state index is -0.239. The number of aryl methyl sites for hydroxylation is 1. The topological polar surface area (TPSA) is 96.8 Å². The van der Waals surface area contributed by atoms with Crippen molar-refractivity contribution in [3.05, 3.63) is 101 Å². The van der Waals surface area contributed by atoms with E-state index >= 15 is 0 Å². The van der Waals surface area contributed by atoms with Crippen molar-refractivity contribution in [2.24, 2.45) is 0 Å². The number of anilines is 1. The van der Waals surface area contributed by atoms with Crippen molar-refractivity contribution in [3.8, 4) is 17.1 Å². The Morgan fingerprint density at radius 3 is 2.70 bits per heavy atom. The van der Waals surface area contributed by atoms with Crippen LogP contribution in [0.2, 0.25) is 0 Å². The Morgan fingerprint density at radius 1 is 1.17 bits per heavy atom. The Hall–Kier alpha value is -4.26. The summed E-state index contributed by atoms with van der Waals surface area (Å²) >= 11 is 0. The zero-order valence-corrected chi connectivity index (χ0v) is 16.2. The average Bonchev–Trinajstić information content (AvgIpc) is 3.30. The predicted octanol–water partition coefficient (Wildman–Crippen LogP) is 4.30. The Morgan fingerprint density at radius 2 is 2.00 bits per heavy atom. The molecule has 0 amide bonds. The van der Waals surface area contributed by atoms with E-state index in [4.69, 9.17) is 9.83 Å². The van der Waals surface area contributed by atoms with Gasteiger partial charge in [-0.05, 0) is 48.9 Å². The van der Waals surface area contributed by atoms with Crippen LogP contribution in [0, 0.1) is 12.3 Å². The molecule has 2 N–H and O–H groups in total. The van der Waals surface area contributed by atoms with Gasteiger partial charge in [0.25, 0.3) is 0 Å². The van der Waals surface area contributed by atoms with Crippen LogP contribution < -0.4 is 10.7 Å². The van der Waals surface area contributed by atoms with E-state index in [2.05, 4.69) is 15.4 Å². The number of oxazole rings is 1. The number of hydrogen-bond donors (Lipinski definition) is 2. The number of para-hydroxylation sites is 1. The third-order valence-electron chi connectivity index (χ3n) is 4.49. The molecule has 0 aliphatic heterocycles. The van der Waals surface area contributed by atoms with Gasteiger partial charge >= 0.3 is 0 Å². The number of nitrogens with zero attached hydrogens (tertiary/aromatic N) is 3. The lowest BCUT2D eigenvalue weighted by molar-refractivity contribution is 0.574. The quantitative estimate of drug-likeness (QED) is 0.473. The summed E-state index contributed by atoms with van der Waals surface area (Å²) in [6.45, 7) is 1.96. The lowest BCUT2D eigenvalue weighted by atomic mass is 10.1. The molecule has 0 saturated carbocycles. The van der Waals surface area contributed by atoms with Gasteiger partial charge in [-0.25, -0.2) is 9.67 Å². The fourth-order valence-electron chi connectivity index (χ4n) is 3.08. The third kappa shape index (κ3) is 3.95. The first-order chi connectivity index (χ1) is 14.7. The van der Waals surface area contributed by atoms with E-state index in [1.165, 1.54) is 18.4 Å². The molecule has 148 valence electrons. The van der Waals surface area contributed by atoms with Crippen molar-refractivity contribution >= 4 is 17.6 Å². The highest BCUT2D eigenvalue weighted by atomic mass is 16.3.